The normalized spacial score (nSPS) is 31.9. The van der Waals surface area contributed by atoms with Crippen LogP contribution in [0.4, 0.5) is 5.69 Å². The van der Waals surface area contributed by atoms with Crippen LogP contribution in [-0.2, 0) is 16.6 Å². The number of hydrogen-bond acceptors (Lipinski definition) is 5. The molecule has 1 fully saturated rings. The SMILES string of the molecule is CN1C/C=C/C[C@H](O)[C@@H]2CC[C@H]2CN2C[C@@]3(CCCc4cc(Cl)ccc43)COc3ccc(cc32)[C@@H](O)CC1=O. The first-order valence-electron chi connectivity index (χ1n) is 14.4. The lowest BCUT2D eigenvalue weighted by Gasteiger charge is -2.45. The Morgan fingerprint density at radius 3 is 2.79 bits per heavy atom. The molecular formula is C32H39ClN2O4. The number of aliphatic hydroxyl groups excluding tert-OH is 2. The van der Waals surface area contributed by atoms with Gasteiger partial charge in [0, 0.05) is 37.1 Å². The lowest BCUT2D eigenvalue weighted by molar-refractivity contribution is -0.131. The summed E-state index contributed by atoms with van der Waals surface area (Å²) in [5.41, 5.74) is 4.15. The van der Waals surface area contributed by atoms with E-state index in [9.17, 15) is 15.0 Å². The van der Waals surface area contributed by atoms with Crippen LogP contribution in [0.15, 0.2) is 48.6 Å². The Kier molecular flexibility index (Phi) is 7.38. The fourth-order valence-corrected chi connectivity index (χ4v) is 7.33. The lowest BCUT2D eigenvalue weighted by atomic mass is 9.68. The standard InChI is InChI=1S/C32H39ClN2O4/c1-34-14-3-2-6-28(36)25-10-7-23(25)18-35-19-32(13-4-5-21-15-24(33)9-11-26(21)32)20-39-30-12-8-22(16-27(30)35)29(37)17-31(34)38/h2-3,8-9,11-12,15-16,23,25,28-29,36-37H,4-7,10,13-14,17-20H2,1H3/b3-2+/t23-,25+,28-,29-,32-/m0/s1. The molecule has 39 heavy (non-hydrogen) atoms. The molecule has 0 aromatic heterocycles. The number of carbonyl (C=O) groups is 1. The van der Waals surface area contributed by atoms with E-state index < -0.39 is 12.2 Å². The number of fused-ring (bicyclic) bond motifs is 4. The van der Waals surface area contributed by atoms with Crippen molar-refractivity contribution < 1.29 is 19.7 Å². The first-order chi connectivity index (χ1) is 18.8. The summed E-state index contributed by atoms with van der Waals surface area (Å²) in [5, 5.41) is 22.9. The van der Waals surface area contributed by atoms with Crippen LogP contribution in [0.1, 0.15) is 61.3 Å². The number of benzene rings is 2. The van der Waals surface area contributed by atoms with Crippen LogP contribution in [0.25, 0.3) is 0 Å². The minimum atomic E-state index is -0.892. The topological polar surface area (TPSA) is 73.2 Å². The predicted molar refractivity (Wildman–Crippen MR) is 153 cm³/mol. The van der Waals surface area contributed by atoms with E-state index in [1.165, 1.54) is 11.1 Å². The Hall–Kier alpha value is -2.54. The molecule has 4 aliphatic rings. The quantitative estimate of drug-likeness (QED) is 0.450. The van der Waals surface area contributed by atoms with Crippen molar-refractivity contribution in [2.45, 2.75) is 62.6 Å². The van der Waals surface area contributed by atoms with Crippen LogP contribution in [0.3, 0.4) is 0 Å². The predicted octanol–water partition coefficient (Wildman–Crippen LogP) is 5.04. The lowest BCUT2D eigenvalue weighted by Crippen LogP contribution is -2.49. The Bertz CT molecular complexity index is 1260. The number of carbonyl (C=O) groups excluding carboxylic acids is 1. The molecule has 5 atom stereocenters. The van der Waals surface area contributed by atoms with E-state index in [2.05, 4.69) is 17.0 Å². The molecule has 2 aromatic rings. The average Bonchev–Trinajstić information content (AvgIpc) is 3.05. The molecule has 2 N–H and O–H groups in total. The molecule has 0 unspecified atom stereocenters. The summed E-state index contributed by atoms with van der Waals surface area (Å²) in [6, 6.07) is 12.2. The van der Waals surface area contributed by atoms with Gasteiger partial charge in [-0.15, -0.1) is 0 Å². The van der Waals surface area contributed by atoms with Gasteiger partial charge < -0.3 is 24.7 Å². The Labute approximate surface area is 236 Å². The average molecular weight is 551 g/mol. The number of rotatable bonds is 0. The smallest absolute Gasteiger partial charge is 0.225 e. The molecule has 7 heteroatoms. The third-order valence-electron chi connectivity index (χ3n) is 9.59. The number of aryl methyl sites for hydroxylation is 1. The number of halogens is 1. The number of hydrogen-bond donors (Lipinski definition) is 2. The van der Waals surface area contributed by atoms with Gasteiger partial charge in [0.15, 0.2) is 0 Å². The van der Waals surface area contributed by atoms with E-state index in [1.54, 1.807) is 11.9 Å². The van der Waals surface area contributed by atoms with Crippen molar-refractivity contribution in [3.63, 3.8) is 0 Å². The van der Waals surface area contributed by atoms with Crippen molar-refractivity contribution in [3.05, 3.63) is 70.3 Å². The molecule has 1 saturated carbocycles. The molecule has 0 saturated heterocycles. The van der Waals surface area contributed by atoms with Crippen LogP contribution < -0.4 is 9.64 Å². The Morgan fingerprint density at radius 2 is 1.97 bits per heavy atom. The largest absolute Gasteiger partial charge is 0.490 e. The summed E-state index contributed by atoms with van der Waals surface area (Å²) in [6.07, 6.45) is 8.53. The minimum absolute atomic E-state index is 0.0232. The van der Waals surface area contributed by atoms with Crippen LogP contribution in [-0.4, -0.2) is 60.4 Å². The van der Waals surface area contributed by atoms with Crippen molar-refractivity contribution in [2.24, 2.45) is 11.8 Å². The molecule has 0 radical (unpaired) electrons. The van der Waals surface area contributed by atoms with Gasteiger partial charge in [-0.1, -0.05) is 35.9 Å². The van der Waals surface area contributed by atoms with Gasteiger partial charge in [-0.05, 0) is 91.3 Å². The zero-order chi connectivity index (χ0) is 27.1. The van der Waals surface area contributed by atoms with Crippen molar-refractivity contribution in [1.82, 2.24) is 4.90 Å². The Balaban J connectivity index is 1.40. The van der Waals surface area contributed by atoms with Gasteiger partial charge in [0.05, 0.1) is 30.9 Å². The van der Waals surface area contributed by atoms with Gasteiger partial charge in [0.1, 0.15) is 5.75 Å². The summed E-state index contributed by atoms with van der Waals surface area (Å²) in [7, 11) is 1.75. The number of likely N-dealkylation sites (N-methyl/N-ethyl adjacent to an activating group) is 1. The Morgan fingerprint density at radius 1 is 1.10 bits per heavy atom. The van der Waals surface area contributed by atoms with E-state index in [0.717, 1.165) is 67.2 Å². The van der Waals surface area contributed by atoms with Crippen molar-refractivity contribution >= 4 is 23.2 Å². The third-order valence-corrected chi connectivity index (χ3v) is 9.82. The van der Waals surface area contributed by atoms with Crippen LogP contribution in [0, 0.1) is 11.8 Å². The number of anilines is 1. The van der Waals surface area contributed by atoms with Crippen molar-refractivity contribution in [1.29, 1.82) is 0 Å². The van der Waals surface area contributed by atoms with E-state index in [-0.39, 0.29) is 23.7 Å². The zero-order valence-electron chi connectivity index (χ0n) is 22.7. The maximum absolute atomic E-state index is 12.8. The molecule has 208 valence electrons. The molecular weight excluding hydrogens is 512 g/mol. The first kappa shape index (κ1) is 26.7. The van der Waals surface area contributed by atoms with E-state index >= 15 is 0 Å². The maximum atomic E-state index is 12.8. The van der Waals surface area contributed by atoms with Gasteiger partial charge in [-0.3, -0.25) is 4.79 Å². The second-order valence-electron chi connectivity index (χ2n) is 12.1. The third kappa shape index (κ3) is 5.19. The number of nitrogens with zero attached hydrogens (tertiary/aromatic N) is 2. The highest BCUT2D eigenvalue weighted by molar-refractivity contribution is 6.30. The molecule has 6 nitrogen and oxygen atoms in total. The fraction of sp³-hybridized carbons (Fsp3) is 0.531. The highest BCUT2D eigenvalue weighted by Crippen LogP contribution is 2.47. The summed E-state index contributed by atoms with van der Waals surface area (Å²) in [4.78, 5) is 16.9. The van der Waals surface area contributed by atoms with Crippen LogP contribution >= 0.6 is 11.6 Å². The molecule has 1 amide bonds. The van der Waals surface area contributed by atoms with Gasteiger partial charge in [0.25, 0.3) is 0 Å². The highest BCUT2D eigenvalue weighted by Gasteiger charge is 2.44. The zero-order valence-corrected chi connectivity index (χ0v) is 23.4. The maximum Gasteiger partial charge on any atom is 0.225 e. The number of ether oxygens (including phenoxy) is 1. The molecule has 1 spiro atoms. The molecule has 2 aliphatic carbocycles. The summed E-state index contributed by atoms with van der Waals surface area (Å²) >= 11 is 6.39. The van der Waals surface area contributed by atoms with Crippen LogP contribution in [0.5, 0.6) is 5.75 Å². The summed E-state index contributed by atoms with van der Waals surface area (Å²) in [5.74, 6) is 1.33. The molecule has 2 bridgehead atoms. The van der Waals surface area contributed by atoms with Gasteiger partial charge in [-0.2, -0.15) is 0 Å². The molecule has 2 aromatic carbocycles. The summed E-state index contributed by atoms with van der Waals surface area (Å²) in [6.45, 7) is 2.67. The van der Waals surface area contributed by atoms with Gasteiger partial charge in [0.2, 0.25) is 5.91 Å². The minimum Gasteiger partial charge on any atom is -0.490 e. The second kappa shape index (κ2) is 10.8. The van der Waals surface area contributed by atoms with Crippen molar-refractivity contribution in [3.8, 4) is 5.75 Å². The fourth-order valence-electron chi connectivity index (χ4n) is 7.13. The molecule has 2 heterocycles. The van der Waals surface area contributed by atoms with Crippen molar-refractivity contribution in [2.75, 3.05) is 38.2 Å². The number of amides is 1. The van der Waals surface area contributed by atoms with Gasteiger partial charge in [-0.25, -0.2) is 0 Å². The molecule has 2 aliphatic heterocycles. The highest BCUT2D eigenvalue weighted by atomic mass is 35.5. The summed E-state index contributed by atoms with van der Waals surface area (Å²) < 4.78 is 6.58. The van der Waals surface area contributed by atoms with E-state index in [0.29, 0.717) is 25.5 Å². The van der Waals surface area contributed by atoms with Crippen LogP contribution in [0.2, 0.25) is 5.02 Å². The second-order valence-corrected chi connectivity index (χ2v) is 12.5. The number of aliphatic hydroxyl groups is 2. The van der Waals surface area contributed by atoms with E-state index in [4.69, 9.17) is 16.3 Å². The van der Waals surface area contributed by atoms with Gasteiger partial charge >= 0.3 is 0 Å². The first-order valence-corrected chi connectivity index (χ1v) is 14.8. The van der Waals surface area contributed by atoms with E-state index in [1.807, 2.05) is 36.4 Å². The monoisotopic (exact) mass is 550 g/mol. The molecule has 6 rings (SSSR count).